The van der Waals surface area contributed by atoms with Gasteiger partial charge in [-0.2, -0.15) is 0 Å². The largest absolute Gasteiger partial charge is 0.480 e. The Kier molecular flexibility index (Phi) is 4.30. The average Bonchev–Trinajstić information content (AvgIpc) is 2.61. The maximum absolute atomic E-state index is 11.6. The number of nitrogens with zero attached hydrogens (tertiary/aromatic N) is 1. The quantitative estimate of drug-likeness (QED) is 0.855. The van der Waals surface area contributed by atoms with Crippen LogP contribution in [0.4, 0.5) is 0 Å². The smallest absolute Gasteiger partial charge is 0.323 e. The number of rotatable bonds is 5. The van der Waals surface area contributed by atoms with Gasteiger partial charge < -0.3 is 15.0 Å². The molecule has 0 saturated heterocycles. The summed E-state index contributed by atoms with van der Waals surface area (Å²) in [6, 6.07) is 3.19. The monoisotopic (exact) mass is 286 g/mol. The molecule has 1 amide bonds. The number of carboxylic acid groups (broad SMARTS) is 1. The summed E-state index contributed by atoms with van der Waals surface area (Å²) in [6.07, 6.45) is 1.55. The number of nitrogens with one attached hydrogen (secondary N) is 1. The molecule has 1 aromatic rings. The summed E-state index contributed by atoms with van der Waals surface area (Å²) in [5.74, 6) is -1.32. The van der Waals surface area contributed by atoms with Gasteiger partial charge in [0.15, 0.2) is 0 Å². The minimum Gasteiger partial charge on any atom is -0.480 e. The molecule has 0 aromatic carbocycles. The third kappa shape index (κ3) is 3.54. The van der Waals surface area contributed by atoms with Crippen LogP contribution >= 0.6 is 15.9 Å². The first-order valence-corrected chi connectivity index (χ1v) is 5.28. The summed E-state index contributed by atoms with van der Waals surface area (Å²) in [7, 11) is 0. The number of carbonyl (C=O) groups excluding carboxylic acids is 1. The Morgan fingerprint density at radius 1 is 1.56 bits per heavy atom. The van der Waals surface area contributed by atoms with E-state index in [2.05, 4.69) is 27.8 Å². The summed E-state index contributed by atoms with van der Waals surface area (Å²) < 4.78 is 2.02. The van der Waals surface area contributed by atoms with E-state index >= 15 is 0 Å². The van der Waals surface area contributed by atoms with Crippen LogP contribution in [0, 0.1) is 0 Å². The summed E-state index contributed by atoms with van der Waals surface area (Å²) in [5, 5.41) is 11.2. The number of carboxylic acids is 1. The molecule has 16 heavy (non-hydrogen) atoms. The number of hydrogen-bond acceptors (Lipinski definition) is 2. The Labute approximate surface area is 101 Å². The predicted molar refractivity (Wildman–Crippen MR) is 62.5 cm³/mol. The first kappa shape index (κ1) is 12.5. The topological polar surface area (TPSA) is 71.3 Å². The fraction of sp³-hybridized carbons (Fsp3) is 0.200. The van der Waals surface area contributed by atoms with Gasteiger partial charge in [0.2, 0.25) is 0 Å². The highest BCUT2D eigenvalue weighted by Crippen LogP contribution is 2.03. The second kappa shape index (κ2) is 5.50. The Morgan fingerprint density at radius 2 is 2.25 bits per heavy atom. The molecule has 1 aromatic heterocycles. The van der Waals surface area contributed by atoms with Gasteiger partial charge in [-0.25, -0.2) is 0 Å². The molecule has 0 atom stereocenters. The number of aliphatic carboxylic acids is 1. The second-order valence-corrected chi connectivity index (χ2v) is 4.24. The molecule has 6 heteroatoms. The van der Waals surface area contributed by atoms with Gasteiger partial charge in [-0.3, -0.25) is 9.59 Å². The Hall–Kier alpha value is -1.56. The molecule has 86 valence electrons. The fourth-order valence-corrected chi connectivity index (χ4v) is 1.31. The molecule has 1 heterocycles. The first-order valence-electron chi connectivity index (χ1n) is 4.49. The van der Waals surface area contributed by atoms with Crippen molar-refractivity contribution in [1.82, 2.24) is 9.88 Å². The molecule has 0 aliphatic rings. The van der Waals surface area contributed by atoms with Crippen LogP contribution in [0.15, 0.2) is 29.4 Å². The molecule has 0 spiro atoms. The van der Waals surface area contributed by atoms with Crippen LogP contribution < -0.4 is 5.32 Å². The van der Waals surface area contributed by atoms with Crippen LogP contribution in [0.2, 0.25) is 0 Å². The van der Waals surface area contributed by atoms with Crippen molar-refractivity contribution in [2.24, 2.45) is 0 Å². The van der Waals surface area contributed by atoms with Crippen molar-refractivity contribution < 1.29 is 14.7 Å². The van der Waals surface area contributed by atoms with Crippen molar-refractivity contribution in [2.75, 3.05) is 6.54 Å². The van der Waals surface area contributed by atoms with E-state index in [0.29, 0.717) is 16.7 Å². The highest BCUT2D eigenvalue weighted by atomic mass is 79.9. The van der Waals surface area contributed by atoms with Gasteiger partial charge in [-0.15, -0.1) is 0 Å². The SMILES string of the molecule is C=C(Br)CNC(=O)c1cccn1CC(=O)O. The predicted octanol–water partition coefficient (Wildman–Crippen LogP) is 1.21. The molecule has 0 unspecified atom stereocenters. The van der Waals surface area contributed by atoms with Crippen molar-refractivity contribution in [1.29, 1.82) is 0 Å². The maximum atomic E-state index is 11.6. The van der Waals surface area contributed by atoms with Crippen molar-refractivity contribution >= 4 is 27.8 Å². The van der Waals surface area contributed by atoms with E-state index in [1.165, 1.54) is 4.57 Å². The van der Waals surface area contributed by atoms with Gasteiger partial charge in [-0.1, -0.05) is 22.5 Å². The third-order valence-corrected chi connectivity index (χ3v) is 2.09. The van der Waals surface area contributed by atoms with Gasteiger partial charge >= 0.3 is 5.97 Å². The van der Waals surface area contributed by atoms with Gasteiger partial charge in [0.25, 0.3) is 5.91 Å². The normalized spacial score (nSPS) is 9.81. The van der Waals surface area contributed by atoms with E-state index in [9.17, 15) is 9.59 Å². The Balaban J connectivity index is 2.71. The van der Waals surface area contributed by atoms with Crippen LogP contribution in [0.1, 0.15) is 10.5 Å². The minimum atomic E-state index is -0.991. The molecule has 5 nitrogen and oxygen atoms in total. The lowest BCUT2D eigenvalue weighted by Gasteiger charge is -2.07. The minimum absolute atomic E-state index is 0.231. The lowest BCUT2D eigenvalue weighted by molar-refractivity contribution is -0.137. The fourth-order valence-electron chi connectivity index (χ4n) is 1.17. The second-order valence-electron chi connectivity index (χ2n) is 3.12. The van der Waals surface area contributed by atoms with Crippen LogP contribution in [-0.2, 0) is 11.3 Å². The van der Waals surface area contributed by atoms with Crippen LogP contribution in [0.5, 0.6) is 0 Å². The number of halogens is 1. The summed E-state index contributed by atoms with van der Waals surface area (Å²) in [4.78, 5) is 22.2. The molecular weight excluding hydrogens is 276 g/mol. The Bertz CT molecular complexity index is 425. The van der Waals surface area contributed by atoms with Crippen LogP contribution in [-0.4, -0.2) is 28.1 Å². The number of carbonyl (C=O) groups is 2. The van der Waals surface area contributed by atoms with Gasteiger partial charge in [-0.05, 0) is 12.1 Å². The molecule has 0 aliphatic carbocycles. The molecule has 1 rings (SSSR count). The molecule has 2 N–H and O–H groups in total. The van der Waals surface area contributed by atoms with Gasteiger partial charge in [0.05, 0.1) is 0 Å². The molecule has 0 aliphatic heterocycles. The lowest BCUT2D eigenvalue weighted by atomic mass is 10.4. The van der Waals surface area contributed by atoms with Crippen molar-refractivity contribution in [3.63, 3.8) is 0 Å². The maximum Gasteiger partial charge on any atom is 0.323 e. The average molecular weight is 287 g/mol. The lowest BCUT2D eigenvalue weighted by Crippen LogP contribution is -2.27. The van der Waals surface area contributed by atoms with Crippen molar-refractivity contribution in [3.8, 4) is 0 Å². The standard InChI is InChI=1S/C10H11BrN2O3/c1-7(11)5-12-10(16)8-3-2-4-13(8)6-9(14)15/h2-4H,1,5-6H2,(H,12,16)(H,14,15). The Morgan fingerprint density at radius 3 is 2.81 bits per heavy atom. The van der Waals surface area contributed by atoms with Crippen molar-refractivity contribution in [2.45, 2.75) is 6.54 Å². The molecular formula is C10H11BrN2O3. The van der Waals surface area contributed by atoms with Crippen molar-refractivity contribution in [3.05, 3.63) is 35.1 Å². The highest BCUT2D eigenvalue weighted by molar-refractivity contribution is 9.11. The van der Waals surface area contributed by atoms with E-state index in [1.807, 2.05) is 0 Å². The molecule has 0 bridgehead atoms. The number of hydrogen-bond donors (Lipinski definition) is 2. The van der Waals surface area contributed by atoms with E-state index in [4.69, 9.17) is 5.11 Å². The summed E-state index contributed by atoms with van der Waals surface area (Å²) >= 11 is 3.11. The zero-order valence-electron chi connectivity index (χ0n) is 8.44. The zero-order chi connectivity index (χ0) is 12.1. The highest BCUT2D eigenvalue weighted by Gasteiger charge is 2.11. The van der Waals surface area contributed by atoms with Crippen LogP contribution in [0.25, 0.3) is 0 Å². The van der Waals surface area contributed by atoms with E-state index < -0.39 is 5.97 Å². The number of amides is 1. The first-order chi connectivity index (χ1) is 7.50. The van der Waals surface area contributed by atoms with E-state index in [-0.39, 0.29) is 12.5 Å². The van der Waals surface area contributed by atoms with Gasteiger partial charge in [0, 0.05) is 17.2 Å². The van der Waals surface area contributed by atoms with E-state index in [1.54, 1.807) is 18.3 Å². The van der Waals surface area contributed by atoms with Gasteiger partial charge in [0.1, 0.15) is 12.2 Å². The summed E-state index contributed by atoms with van der Waals surface area (Å²) in [6.45, 7) is 3.65. The molecule has 0 radical (unpaired) electrons. The van der Waals surface area contributed by atoms with Crippen LogP contribution in [0.3, 0.4) is 0 Å². The third-order valence-electron chi connectivity index (χ3n) is 1.81. The van der Waals surface area contributed by atoms with E-state index in [0.717, 1.165) is 0 Å². The molecule has 0 saturated carbocycles. The molecule has 0 fully saturated rings. The number of aromatic nitrogens is 1. The zero-order valence-corrected chi connectivity index (χ0v) is 10.0. The summed E-state index contributed by atoms with van der Waals surface area (Å²) in [5.41, 5.74) is 0.316.